The van der Waals surface area contributed by atoms with Gasteiger partial charge in [0.1, 0.15) is 28.1 Å². The molecule has 0 bridgehead atoms. The van der Waals surface area contributed by atoms with Gasteiger partial charge in [-0.25, -0.2) is 9.78 Å². The van der Waals surface area contributed by atoms with Crippen molar-refractivity contribution in [1.29, 1.82) is 0 Å². The van der Waals surface area contributed by atoms with E-state index in [1.54, 1.807) is 19.2 Å². The number of nitrogens with one attached hydrogen (secondary N) is 2. The topological polar surface area (TPSA) is 107 Å². The number of thiazole rings is 1. The van der Waals surface area contributed by atoms with Crippen LogP contribution in [0.25, 0.3) is 0 Å². The summed E-state index contributed by atoms with van der Waals surface area (Å²) < 4.78 is 10.8. The highest BCUT2D eigenvalue weighted by molar-refractivity contribution is 7.18. The van der Waals surface area contributed by atoms with Gasteiger partial charge in [-0.15, -0.1) is 22.7 Å². The summed E-state index contributed by atoms with van der Waals surface area (Å²) in [4.78, 5) is 42.0. The van der Waals surface area contributed by atoms with Gasteiger partial charge in [-0.1, -0.05) is 17.7 Å². The number of esters is 1. The third-order valence-corrected chi connectivity index (χ3v) is 6.48. The zero-order valence-electron chi connectivity index (χ0n) is 18.1. The van der Waals surface area contributed by atoms with Gasteiger partial charge in [0.25, 0.3) is 11.8 Å². The van der Waals surface area contributed by atoms with Crippen molar-refractivity contribution < 1.29 is 23.9 Å². The first kappa shape index (κ1) is 23.4. The normalized spacial score (nSPS) is 10.5. The molecule has 2 aromatic heterocycles. The molecule has 3 rings (SSSR count). The molecule has 0 saturated heterocycles. The summed E-state index contributed by atoms with van der Waals surface area (Å²) in [5.41, 5.74) is 1.95. The number of carbonyl (C=O) groups is 3. The average molecular weight is 474 g/mol. The number of hydrogen-bond donors (Lipinski definition) is 2. The number of nitrogens with zero attached hydrogens (tertiary/aromatic N) is 1. The lowest BCUT2D eigenvalue weighted by Crippen LogP contribution is -2.18. The molecule has 0 aliphatic heterocycles. The Balaban J connectivity index is 1.76. The van der Waals surface area contributed by atoms with Gasteiger partial charge in [-0.2, -0.15) is 0 Å². The van der Waals surface area contributed by atoms with Crippen LogP contribution in [-0.2, 0) is 11.3 Å². The van der Waals surface area contributed by atoms with Crippen LogP contribution in [0, 0.1) is 13.8 Å². The molecule has 2 amide bonds. The molecular weight excluding hydrogens is 450 g/mol. The standard InChI is InChI=1S/C22H23N3O5S2/c1-5-29-22(28)17-13(3)18(20(27)23-4)32-21(17)25-19(26)15-11-31-16(24-15)10-30-14-8-6-12(2)7-9-14/h6-9,11H,5,10H2,1-4H3,(H,23,27)(H,25,26). The van der Waals surface area contributed by atoms with E-state index in [9.17, 15) is 14.4 Å². The zero-order valence-corrected chi connectivity index (χ0v) is 19.7. The number of amides is 2. The maximum atomic E-state index is 12.8. The van der Waals surface area contributed by atoms with Gasteiger partial charge in [0, 0.05) is 12.4 Å². The molecule has 0 saturated carbocycles. The maximum absolute atomic E-state index is 12.8. The van der Waals surface area contributed by atoms with Crippen molar-refractivity contribution in [2.24, 2.45) is 0 Å². The summed E-state index contributed by atoms with van der Waals surface area (Å²) in [5, 5.41) is 7.73. The van der Waals surface area contributed by atoms with Crippen molar-refractivity contribution in [3.8, 4) is 5.75 Å². The van der Waals surface area contributed by atoms with Crippen LogP contribution in [0.4, 0.5) is 5.00 Å². The fraction of sp³-hybridized carbons (Fsp3) is 0.273. The lowest BCUT2D eigenvalue weighted by Gasteiger charge is -2.06. The van der Waals surface area contributed by atoms with E-state index in [-0.39, 0.29) is 35.4 Å². The summed E-state index contributed by atoms with van der Waals surface area (Å²) in [6, 6.07) is 7.65. The molecule has 2 N–H and O–H groups in total. The number of anilines is 1. The first-order chi connectivity index (χ1) is 15.3. The van der Waals surface area contributed by atoms with E-state index in [2.05, 4.69) is 15.6 Å². The molecule has 0 radical (unpaired) electrons. The first-order valence-electron chi connectivity index (χ1n) is 9.81. The summed E-state index contributed by atoms with van der Waals surface area (Å²) in [6.45, 7) is 5.73. The lowest BCUT2D eigenvalue weighted by molar-refractivity contribution is 0.0527. The Morgan fingerprint density at radius 3 is 2.47 bits per heavy atom. The zero-order chi connectivity index (χ0) is 23.3. The van der Waals surface area contributed by atoms with Crippen molar-refractivity contribution in [1.82, 2.24) is 10.3 Å². The van der Waals surface area contributed by atoms with Gasteiger partial charge in [0.2, 0.25) is 0 Å². The molecule has 32 heavy (non-hydrogen) atoms. The molecule has 168 valence electrons. The van der Waals surface area contributed by atoms with E-state index >= 15 is 0 Å². The Morgan fingerprint density at radius 1 is 1.09 bits per heavy atom. The van der Waals surface area contributed by atoms with Crippen LogP contribution in [0.2, 0.25) is 0 Å². The van der Waals surface area contributed by atoms with Gasteiger partial charge in [-0.3, -0.25) is 9.59 Å². The van der Waals surface area contributed by atoms with Crippen LogP contribution in [0.1, 0.15) is 53.6 Å². The fourth-order valence-corrected chi connectivity index (χ4v) is 4.63. The van der Waals surface area contributed by atoms with Gasteiger partial charge in [-0.05, 0) is 38.5 Å². The molecular formula is C22H23N3O5S2. The molecule has 0 unspecified atom stereocenters. The predicted molar refractivity (Wildman–Crippen MR) is 124 cm³/mol. The predicted octanol–water partition coefficient (Wildman–Crippen LogP) is 4.19. The number of ether oxygens (including phenoxy) is 2. The summed E-state index contributed by atoms with van der Waals surface area (Å²) in [5.74, 6) is -0.718. The highest BCUT2D eigenvalue weighted by Crippen LogP contribution is 2.34. The van der Waals surface area contributed by atoms with E-state index in [1.165, 1.54) is 18.4 Å². The van der Waals surface area contributed by atoms with Gasteiger partial charge < -0.3 is 20.1 Å². The van der Waals surface area contributed by atoms with E-state index in [4.69, 9.17) is 9.47 Å². The molecule has 0 fully saturated rings. The Labute approximate surface area is 193 Å². The molecule has 0 aliphatic rings. The van der Waals surface area contributed by atoms with Crippen LogP contribution >= 0.6 is 22.7 Å². The Bertz CT molecular complexity index is 1140. The molecule has 0 spiro atoms. The molecule has 0 atom stereocenters. The lowest BCUT2D eigenvalue weighted by atomic mass is 10.1. The van der Waals surface area contributed by atoms with Crippen molar-refractivity contribution in [3.63, 3.8) is 0 Å². The van der Waals surface area contributed by atoms with E-state index < -0.39 is 11.9 Å². The van der Waals surface area contributed by atoms with Crippen molar-refractivity contribution in [2.45, 2.75) is 27.4 Å². The second-order valence-corrected chi connectivity index (χ2v) is 8.71. The molecule has 3 aromatic rings. The van der Waals surface area contributed by atoms with Crippen LogP contribution in [-0.4, -0.2) is 36.4 Å². The summed E-state index contributed by atoms with van der Waals surface area (Å²) in [6.07, 6.45) is 0. The summed E-state index contributed by atoms with van der Waals surface area (Å²) in [7, 11) is 1.50. The smallest absolute Gasteiger partial charge is 0.341 e. The van der Waals surface area contributed by atoms with Gasteiger partial charge in [0.05, 0.1) is 17.0 Å². The SMILES string of the molecule is CCOC(=O)c1c(NC(=O)c2csc(COc3ccc(C)cc3)n2)sc(C(=O)NC)c1C. The monoisotopic (exact) mass is 473 g/mol. The Hall–Kier alpha value is -3.24. The number of benzene rings is 1. The van der Waals surface area contributed by atoms with Gasteiger partial charge >= 0.3 is 5.97 Å². The number of hydrogen-bond acceptors (Lipinski definition) is 8. The second kappa shape index (κ2) is 10.4. The third-order valence-electron chi connectivity index (χ3n) is 4.45. The minimum absolute atomic E-state index is 0.168. The average Bonchev–Trinajstić information content (AvgIpc) is 3.37. The van der Waals surface area contributed by atoms with Crippen LogP contribution in [0.5, 0.6) is 5.75 Å². The molecule has 10 heteroatoms. The van der Waals surface area contributed by atoms with Crippen molar-refractivity contribution in [3.05, 3.63) is 61.9 Å². The molecule has 8 nitrogen and oxygen atoms in total. The van der Waals surface area contributed by atoms with E-state index in [1.807, 2.05) is 31.2 Å². The third kappa shape index (κ3) is 5.32. The second-order valence-electron chi connectivity index (χ2n) is 6.74. The minimum atomic E-state index is -0.600. The van der Waals surface area contributed by atoms with E-state index in [0.717, 1.165) is 16.9 Å². The van der Waals surface area contributed by atoms with Crippen molar-refractivity contribution >= 4 is 45.5 Å². The Kier molecular flexibility index (Phi) is 7.60. The largest absolute Gasteiger partial charge is 0.486 e. The quantitative estimate of drug-likeness (QED) is 0.475. The highest BCUT2D eigenvalue weighted by atomic mass is 32.1. The Morgan fingerprint density at radius 2 is 1.81 bits per heavy atom. The molecule has 0 aliphatic carbocycles. The number of carbonyl (C=O) groups excluding carboxylic acids is 3. The maximum Gasteiger partial charge on any atom is 0.341 e. The number of rotatable bonds is 8. The minimum Gasteiger partial charge on any atom is -0.486 e. The molecule has 1 aromatic carbocycles. The summed E-state index contributed by atoms with van der Waals surface area (Å²) >= 11 is 2.31. The first-order valence-corrected chi connectivity index (χ1v) is 11.5. The van der Waals surface area contributed by atoms with E-state index in [0.29, 0.717) is 21.2 Å². The van der Waals surface area contributed by atoms with Crippen LogP contribution in [0.3, 0.4) is 0 Å². The molecule has 2 heterocycles. The van der Waals surface area contributed by atoms with Crippen molar-refractivity contribution in [2.75, 3.05) is 19.0 Å². The van der Waals surface area contributed by atoms with Crippen LogP contribution < -0.4 is 15.4 Å². The van der Waals surface area contributed by atoms with Crippen LogP contribution in [0.15, 0.2) is 29.6 Å². The van der Waals surface area contributed by atoms with Gasteiger partial charge in [0.15, 0.2) is 0 Å². The fourth-order valence-electron chi connectivity index (χ4n) is 2.81. The number of thiophene rings is 1. The number of aromatic nitrogens is 1. The number of aryl methyl sites for hydroxylation is 1. The highest BCUT2D eigenvalue weighted by Gasteiger charge is 2.27.